The average Bonchev–Trinajstić information content (AvgIpc) is 2.42. The summed E-state index contributed by atoms with van der Waals surface area (Å²) in [6.07, 6.45) is 0.415. The lowest BCUT2D eigenvalue weighted by atomic mass is 10.2. The van der Waals surface area contributed by atoms with Crippen molar-refractivity contribution in [3.8, 4) is 0 Å². The first-order chi connectivity index (χ1) is 9.97. The minimum absolute atomic E-state index is 0.0757. The third kappa shape index (κ3) is 3.98. The number of anilines is 2. The van der Waals surface area contributed by atoms with E-state index in [0.29, 0.717) is 23.5 Å². The molecule has 1 heterocycles. The van der Waals surface area contributed by atoms with Gasteiger partial charge in [-0.05, 0) is 24.6 Å². The fraction of sp³-hybridized carbons (Fsp3) is 0.357. The Morgan fingerprint density at radius 2 is 2.19 bits per heavy atom. The van der Waals surface area contributed by atoms with Crippen LogP contribution >= 0.6 is 11.8 Å². The molecular weight excluding hydrogens is 290 g/mol. The van der Waals surface area contributed by atoms with Crippen molar-refractivity contribution in [2.24, 2.45) is 0 Å². The number of benzene rings is 1. The molecule has 0 radical (unpaired) electrons. The second-order valence-electron chi connectivity index (χ2n) is 4.78. The number of nitrogen functional groups attached to an aromatic ring is 1. The second kappa shape index (κ2) is 6.62. The highest BCUT2D eigenvalue weighted by molar-refractivity contribution is 8.13. The standard InChI is InChI=1S/C14H17N3O3S/c1-9-2-3-10(15)8-11(9)16-12(18)4-6-17-13(19)5-7-21-14(17)20/h2-3,8H,4-7,15H2,1H3,(H,16,18). The van der Waals surface area contributed by atoms with E-state index in [1.807, 2.05) is 13.0 Å². The Balaban J connectivity index is 1.91. The molecule has 0 unspecified atom stereocenters. The highest BCUT2D eigenvalue weighted by atomic mass is 32.2. The molecule has 3 N–H and O–H groups in total. The number of amides is 3. The number of hydrogen-bond donors (Lipinski definition) is 2. The number of hydrogen-bond acceptors (Lipinski definition) is 5. The van der Waals surface area contributed by atoms with E-state index in [4.69, 9.17) is 5.73 Å². The third-order valence-corrected chi connectivity index (χ3v) is 4.04. The zero-order valence-electron chi connectivity index (χ0n) is 11.7. The van der Waals surface area contributed by atoms with Crippen LogP contribution in [0.5, 0.6) is 0 Å². The number of nitrogens with one attached hydrogen (secondary N) is 1. The van der Waals surface area contributed by atoms with Crippen molar-refractivity contribution >= 4 is 40.2 Å². The first-order valence-electron chi connectivity index (χ1n) is 6.60. The van der Waals surface area contributed by atoms with Gasteiger partial charge in [-0.3, -0.25) is 19.3 Å². The third-order valence-electron chi connectivity index (χ3n) is 3.16. The van der Waals surface area contributed by atoms with Crippen LogP contribution in [0, 0.1) is 6.92 Å². The highest BCUT2D eigenvalue weighted by Gasteiger charge is 2.26. The largest absolute Gasteiger partial charge is 0.399 e. The van der Waals surface area contributed by atoms with Gasteiger partial charge in [0, 0.05) is 36.5 Å². The van der Waals surface area contributed by atoms with E-state index in [0.717, 1.165) is 22.2 Å². The molecule has 1 aromatic carbocycles. The van der Waals surface area contributed by atoms with Crippen LogP contribution in [0.3, 0.4) is 0 Å². The zero-order valence-corrected chi connectivity index (χ0v) is 12.5. The fourth-order valence-electron chi connectivity index (χ4n) is 1.96. The molecule has 0 aromatic heterocycles. The summed E-state index contributed by atoms with van der Waals surface area (Å²) in [4.78, 5) is 36.3. The van der Waals surface area contributed by atoms with Crippen molar-refractivity contribution in [2.75, 3.05) is 23.3 Å². The van der Waals surface area contributed by atoms with Crippen LogP contribution in [0.1, 0.15) is 18.4 Å². The predicted molar refractivity (Wildman–Crippen MR) is 83.0 cm³/mol. The number of carbonyl (C=O) groups excluding carboxylic acids is 3. The van der Waals surface area contributed by atoms with Gasteiger partial charge in [0.05, 0.1) is 0 Å². The number of imide groups is 1. The molecule has 0 bridgehead atoms. The Labute approximate surface area is 127 Å². The molecule has 1 saturated heterocycles. The summed E-state index contributed by atoms with van der Waals surface area (Å²) in [7, 11) is 0. The molecule has 0 saturated carbocycles. The molecule has 7 heteroatoms. The highest BCUT2D eigenvalue weighted by Crippen LogP contribution is 2.20. The Morgan fingerprint density at radius 1 is 1.43 bits per heavy atom. The molecule has 6 nitrogen and oxygen atoms in total. The Kier molecular flexibility index (Phi) is 4.85. The van der Waals surface area contributed by atoms with Gasteiger partial charge in [0.15, 0.2) is 0 Å². The van der Waals surface area contributed by atoms with Gasteiger partial charge in [-0.1, -0.05) is 17.8 Å². The Morgan fingerprint density at radius 3 is 2.90 bits per heavy atom. The van der Waals surface area contributed by atoms with Crippen LogP contribution in [0.4, 0.5) is 16.2 Å². The maximum Gasteiger partial charge on any atom is 0.288 e. The fourth-order valence-corrected chi connectivity index (χ4v) is 2.76. The molecule has 1 aliphatic rings. The summed E-state index contributed by atoms with van der Waals surface area (Å²) in [5, 5.41) is 2.47. The summed E-state index contributed by atoms with van der Waals surface area (Å²) in [5.41, 5.74) is 7.79. The van der Waals surface area contributed by atoms with Crippen molar-refractivity contribution in [3.63, 3.8) is 0 Å². The average molecular weight is 307 g/mol. The Bertz CT molecular complexity index is 573. The minimum atomic E-state index is -0.279. The molecule has 2 rings (SSSR count). The number of thioether (sulfide) groups is 1. The topological polar surface area (TPSA) is 92.5 Å². The molecule has 0 spiro atoms. The molecule has 1 aromatic rings. The monoisotopic (exact) mass is 307 g/mol. The molecule has 1 fully saturated rings. The summed E-state index contributed by atoms with van der Waals surface area (Å²) in [5.74, 6) is 0.0506. The molecule has 1 aliphatic heterocycles. The van der Waals surface area contributed by atoms with Crippen LogP contribution in [0.25, 0.3) is 0 Å². The first kappa shape index (κ1) is 15.4. The van der Waals surface area contributed by atoms with Gasteiger partial charge >= 0.3 is 0 Å². The van der Waals surface area contributed by atoms with Crippen LogP contribution in [-0.2, 0) is 9.59 Å². The minimum Gasteiger partial charge on any atom is -0.399 e. The van der Waals surface area contributed by atoms with Crippen LogP contribution in [0.2, 0.25) is 0 Å². The number of carbonyl (C=O) groups is 3. The second-order valence-corrected chi connectivity index (χ2v) is 5.83. The van der Waals surface area contributed by atoms with Crippen LogP contribution in [-0.4, -0.2) is 34.3 Å². The van der Waals surface area contributed by atoms with Crippen molar-refractivity contribution in [2.45, 2.75) is 19.8 Å². The van der Waals surface area contributed by atoms with Gasteiger partial charge in [0.1, 0.15) is 0 Å². The van der Waals surface area contributed by atoms with Gasteiger partial charge in [0.2, 0.25) is 11.8 Å². The van der Waals surface area contributed by atoms with Gasteiger partial charge in [0.25, 0.3) is 5.24 Å². The van der Waals surface area contributed by atoms with E-state index in [9.17, 15) is 14.4 Å². The number of rotatable bonds is 4. The maximum absolute atomic E-state index is 11.9. The van der Waals surface area contributed by atoms with Crippen molar-refractivity contribution in [1.29, 1.82) is 0 Å². The molecule has 21 heavy (non-hydrogen) atoms. The quantitative estimate of drug-likeness (QED) is 0.830. The lowest BCUT2D eigenvalue weighted by molar-refractivity contribution is -0.128. The summed E-state index contributed by atoms with van der Waals surface area (Å²) >= 11 is 1.11. The van der Waals surface area contributed by atoms with E-state index < -0.39 is 0 Å². The van der Waals surface area contributed by atoms with E-state index >= 15 is 0 Å². The molecule has 0 atom stereocenters. The van der Waals surface area contributed by atoms with Crippen molar-refractivity contribution in [3.05, 3.63) is 23.8 Å². The van der Waals surface area contributed by atoms with Crippen molar-refractivity contribution in [1.82, 2.24) is 4.90 Å². The van der Waals surface area contributed by atoms with Gasteiger partial charge in [-0.15, -0.1) is 0 Å². The predicted octanol–water partition coefficient (Wildman–Crippen LogP) is 1.99. The van der Waals surface area contributed by atoms with E-state index in [-0.39, 0.29) is 30.0 Å². The van der Waals surface area contributed by atoms with Gasteiger partial charge < -0.3 is 11.1 Å². The number of nitrogens with zero attached hydrogens (tertiary/aromatic N) is 1. The molecular formula is C14H17N3O3S. The Hall–Kier alpha value is -2.02. The van der Waals surface area contributed by atoms with E-state index in [1.54, 1.807) is 12.1 Å². The van der Waals surface area contributed by atoms with Gasteiger partial charge in [-0.2, -0.15) is 0 Å². The van der Waals surface area contributed by atoms with Crippen LogP contribution in [0.15, 0.2) is 18.2 Å². The lowest BCUT2D eigenvalue weighted by Crippen LogP contribution is -2.39. The smallest absolute Gasteiger partial charge is 0.288 e. The SMILES string of the molecule is Cc1ccc(N)cc1NC(=O)CCN1C(=O)CCSC1=O. The first-order valence-corrected chi connectivity index (χ1v) is 7.59. The maximum atomic E-state index is 11.9. The van der Waals surface area contributed by atoms with Gasteiger partial charge in [-0.25, -0.2) is 0 Å². The van der Waals surface area contributed by atoms with E-state index in [2.05, 4.69) is 5.32 Å². The summed E-state index contributed by atoms with van der Waals surface area (Å²) < 4.78 is 0. The number of nitrogens with two attached hydrogens (primary N) is 1. The zero-order chi connectivity index (χ0) is 15.4. The molecule has 112 valence electrons. The normalized spacial score (nSPS) is 15.2. The van der Waals surface area contributed by atoms with Crippen LogP contribution < -0.4 is 11.1 Å². The summed E-state index contributed by atoms with van der Waals surface area (Å²) in [6, 6.07) is 5.26. The molecule has 3 amide bonds. The molecule has 0 aliphatic carbocycles. The van der Waals surface area contributed by atoms with E-state index in [1.165, 1.54) is 0 Å². The number of aryl methyl sites for hydroxylation is 1. The lowest BCUT2D eigenvalue weighted by Gasteiger charge is -2.23. The van der Waals surface area contributed by atoms with Crippen molar-refractivity contribution < 1.29 is 14.4 Å². The summed E-state index contributed by atoms with van der Waals surface area (Å²) in [6.45, 7) is 1.97.